The summed E-state index contributed by atoms with van der Waals surface area (Å²) in [5, 5.41) is 2.99. The molecular formula is C14H10BrClS2. The topological polar surface area (TPSA) is 0 Å². The Morgan fingerprint density at radius 1 is 1.17 bits per heavy atom. The third-order valence-electron chi connectivity index (χ3n) is 2.82. The van der Waals surface area contributed by atoms with Gasteiger partial charge in [0.15, 0.2) is 0 Å². The standard InChI is InChI=1S/C14H10BrClS2/c15-10(7-9-3-1-2-4-11(9)16)13-8-14-12(18-13)5-6-17-14/h1-6,8,10H,7H2. The Morgan fingerprint density at radius 2 is 2.00 bits per heavy atom. The highest BCUT2D eigenvalue weighted by Gasteiger charge is 2.14. The summed E-state index contributed by atoms with van der Waals surface area (Å²) >= 11 is 13.6. The Kier molecular flexibility index (Phi) is 3.76. The molecule has 0 bridgehead atoms. The fraction of sp³-hybridized carbons (Fsp3) is 0.143. The van der Waals surface area contributed by atoms with E-state index in [9.17, 15) is 0 Å². The average molecular weight is 358 g/mol. The molecule has 0 spiro atoms. The fourth-order valence-electron chi connectivity index (χ4n) is 1.90. The molecule has 0 nitrogen and oxygen atoms in total. The van der Waals surface area contributed by atoms with E-state index in [4.69, 9.17) is 11.6 Å². The fourth-order valence-corrected chi connectivity index (χ4v) is 4.97. The van der Waals surface area contributed by atoms with Gasteiger partial charge < -0.3 is 0 Å². The lowest BCUT2D eigenvalue weighted by molar-refractivity contribution is 0.971. The summed E-state index contributed by atoms with van der Waals surface area (Å²) in [6.45, 7) is 0. The van der Waals surface area contributed by atoms with Crippen LogP contribution >= 0.6 is 50.2 Å². The van der Waals surface area contributed by atoms with Gasteiger partial charge in [-0.2, -0.15) is 0 Å². The minimum atomic E-state index is 0.335. The molecule has 0 saturated carbocycles. The van der Waals surface area contributed by atoms with Crippen LogP contribution in [0.25, 0.3) is 9.40 Å². The number of fused-ring (bicyclic) bond motifs is 1. The van der Waals surface area contributed by atoms with Gasteiger partial charge in [-0.3, -0.25) is 0 Å². The van der Waals surface area contributed by atoms with Crippen LogP contribution in [-0.4, -0.2) is 0 Å². The molecule has 1 atom stereocenters. The molecule has 2 aromatic heterocycles. The quantitative estimate of drug-likeness (QED) is 0.483. The van der Waals surface area contributed by atoms with Crippen molar-refractivity contribution in [3.8, 4) is 0 Å². The van der Waals surface area contributed by atoms with E-state index in [2.05, 4.69) is 39.5 Å². The zero-order valence-electron chi connectivity index (χ0n) is 9.40. The van der Waals surface area contributed by atoms with Gasteiger partial charge in [0.2, 0.25) is 0 Å². The van der Waals surface area contributed by atoms with Crippen LogP contribution in [0.15, 0.2) is 41.8 Å². The second-order valence-electron chi connectivity index (χ2n) is 4.06. The van der Waals surface area contributed by atoms with Gasteiger partial charge in [-0.25, -0.2) is 0 Å². The zero-order chi connectivity index (χ0) is 12.5. The van der Waals surface area contributed by atoms with Crippen molar-refractivity contribution in [3.05, 3.63) is 57.2 Å². The van der Waals surface area contributed by atoms with Crippen LogP contribution in [0, 0.1) is 0 Å². The molecule has 92 valence electrons. The van der Waals surface area contributed by atoms with Gasteiger partial charge in [-0.05, 0) is 35.6 Å². The molecule has 0 amide bonds. The minimum Gasteiger partial charge on any atom is -0.143 e. The molecule has 0 N–H and O–H groups in total. The minimum absolute atomic E-state index is 0.335. The number of benzene rings is 1. The molecule has 0 aliphatic rings. The monoisotopic (exact) mass is 356 g/mol. The van der Waals surface area contributed by atoms with Crippen LogP contribution in [0.1, 0.15) is 15.3 Å². The highest BCUT2D eigenvalue weighted by atomic mass is 79.9. The molecule has 0 fully saturated rings. The summed E-state index contributed by atoms with van der Waals surface area (Å²) in [6.07, 6.45) is 0.924. The van der Waals surface area contributed by atoms with E-state index in [1.807, 2.05) is 29.5 Å². The van der Waals surface area contributed by atoms with E-state index >= 15 is 0 Å². The van der Waals surface area contributed by atoms with E-state index in [0.29, 0.717) is 4.83 Å². The molecular weight excluding hydrogens is 348 g/mol. The molecule has 1 aromatic carbocycles. The second-order valence-corrected chi connectivity index (χ2v) is 7.64. The number of rotatable bonds is 3. The Bertz CT molecular complexity index is 643. The van der Waals surface area contributed by atoms with Crippen molar-refractivity contribution in [2.45, 2.75) is 11.2 Å². The predicted octanol–water partition coefficient (Wildman–Crippen LogP) is 6.29. The molecule has 4 heteroatoms. The smallest absolute Gasteiger partial charge is 0.0530 e. The van der Waals surface area contributed by atoms with Crippen molar-refractivity contribution >= 4 is 59.6 Å². The molecule has 3 rings (SSSR count). The Hall–Kier alpha value is -0.350. The Balaban J connectivity index is 1.85. The van der Waals surface area contributed by atoms with Crippen molar-refractivity contribution in [1.29, 1.82) is 0 Å². The summed E-state index contributed by atoms with van der Waals surface area (Å²) in [6, 6.07) is 12.5. The third kappa shape index (κ3) is 2.50. The van der Waals surface area contributed by atoms with Crippen LogP contribution < -0.4 is 0 Å². The van der Waals surface area contributed by atoms with Gasteiger partial charge in [0.05, 0.1) is 4.83 Å². The molecule has 3 aromatic rings. The molecule has 0 aliphatic carbocycles. The normalized spacial score (nSPS) is 13.0. The van der Waals surface area contributed by atoms with Crippen molar-refractivity contribution in [3.63, 3.8) is 0 Å². The van der Waals surface area contributed by atoms with E-state index < -0.39 is 0 Å². The lowest BCUT2D eigenvalue weighted by atomic mass is 10.1. The highest BCUT2D eigenvalue weighted by Crippen LogP contribution is 2.38. The Morgan fingerprint density at radius 3 is 2.78 bits per heavy atom. The lowest BCUT2D eigenvalue weighted by Gasteiger charge is -2.08. The average Bonchev–Trinajstić information content (AvgIpc) is 2.92. The van der Waals surface area contributed by atoms with Crippen molar-refractivity contribution < 1.29 is 0 Å². The van der Waals surface area contributed by atoms with Gasteiger partial charge in [0.1, 0.15) is 0 Å². The largest absolute Gasteiger partial charge is 0.143 e. The first-order chi connectivity index (χ1) is 8.74. The number of thiophene rings is 2. The van der Waals surface area contributed by atoms with Gasteiger partial charge in [-0.15, -0.1) is 22.7 Å². The van der Waals surface area contributed by atoms with Crippen molar-refractivity contribution in [2.24, 2.45) is 0 Å². The summed E-state index contributed by atoms with van der Waals surface area (Å²) in [4.78, 5) is 1.71. The molecule has 2 heterocycles. The first-order valence-corrected chi connectivity index (χ1v) is 8.57. The lowest BCUT2D eigenvalue weighted by Crippen LogP contribution is -1.93. The molecule has 0 radical (unpaired) electrons. The van der Waals surface area contributed by atoms with E-state index in [1.54, 1.807) is 11.3 Å². The molecule has 0 aliphatic heterocycles. The maximum absolute atomic E-state index is 6.20. The van der Waals surface area contributed by atoms with Crippen LogP contribution in [0.4, 0.5) is 0 Å². The SMILES string of the molecule is Clc1ccccc1CC(Br)c1cc2sccc2s1. The summed E-state index contributed by atoms with van der Waals surface area (Å²) in [5.41, 5.74) is 1.19. The van der Waals surface area contributed by atoms with Crippen LogP contribution in [0.3, 0.4) is 0 Å². The zero-order valence-corrected chi connectivity index (χ0v) is 13.4. The van der Waals surface area contributed by atoms with Gasteiger partial charge in [0.25, 0.3) is 0 Å². The second kappa shape index (κ2) is 5.33. The van der Waals surface area contributed by atoms with Gasteiger partial charge in [-0.1, -0.05) is 45.7 Å². The summed E-state index contributed by atoms with van der Waals surface area (Å²) in [5.74, 6) is 0. The molecule has 1 unspecified atom stereocenters. The van der Waals surface area contributed by atoms with Crippen molar-refractivity contribution in [2.75, 3.05) is 0 Å². The van der Waals surface area contributed by atoms with Crippen LogP contribution in [-0.2, 0) is 6.42 Å². The molecule has 0 saturated heterocycles. The van der Waals surface area contributed by atoms with Crippen LogP contribution in [0.5, 0.6) is 0 Å². The van der Waals surface area contributed by atoms with E-state index in [-0.39, 0.29) is 0 Å². The van der Waals surface area contributed by atoms with Gasteiger partial charge >= 0.3 is 0 Å². The number of halogens is 2. The van der Waals surface area contributed by atoms with Crippen LogP contribution in [0.2, 0.25) is 5.02 Å². The molecule has 18 heavy (non-hydrogen) atoms. The number of hydrogen-bond donors (Lipinski definition) is 0. The first kappa shape index (κ1) is 12.7. The predicted molar refractivity (Wildman–Crippen MR) is 86.5 cm³/mol. The number of hydrogen-bond acceptors (Lipinski definition) is 2. The Labute approximate surface area is 127 Å². The third-order valence-corrected chi connectivity index (χ3v) is 6.52. The van der Waals surface area contributed by atoms with E-state index in [1.165, 1.54) is 19.8 Å². The van der Waals surface area contributed by atoms with E-state index in [0.717, 1.165) is 11.4 Å². The number of alkyl halides is 1. The van der Waals surface area contributed by atoms with Crippen molar-refractivity contribution in [1.82, 2.24) is 0 Å². The highest BCUT2D eigenvalue weighted by molar-refractivity contribution is 9.09. The maximum atomic E-state index is 6.20. The summed E-state index contributed by atoms with van der Waals surface area (Å²) in [7, 11) is 0. The van der Waals surface area contributed by atoms with Gasteiger partial charge in [0, 0.05) is 19.3 Å². The first-order valence-electron chi connectivity index (χ1n) is 5.58. The maximum Gasteiger partial charge on any atom is 0.0530 e. The summed E-state index contributed by atoms with van der Waals surface area (Å²) < 4.78 is 2.75.